The molecule has 1 atom stereocenters. The number of carbonyl (C=O) groups is 1. The SMILES string of the molecule is CC1CN(C(=O)N2CCOCC2)CCC1=NO. The van der Waals surface area contributed by atoms with Crippen LogP contribution in [0.5, 0.6) is 0 Å². The Labute approximate surface area is 101 Å². The number of urea groups is 1. The molecule has 0 aromatic carbocycles. The maximum atomic E-state index is 12.2. The summed E-state index contributed by atoms with van der Waals surface area (Å²) in [7, 11) is 0. The number of hydrogen-bond donors (Lipinski definition) is 1. The third-order valence-corrected chi connectivity index (χ3v) is 3.38. The van der Waals surface area contributed by atoms with Crippen molar-refractivity contribution in [2.75, 3.05) is 39.4 Å². The molecule has 2 amide bonds. The molecular weight excluding hydrogens is 222 g/mol. The molecule has 2 heterocycles. The molecule has 96 valence electrons. The van der Waals surface area contributed by atoms with Gasteiger partial charge in [0.2, 0.25) is 0 Å². The molecule has 1 N–H and O–H groups in total. The summed E-state index contributed by atoms with van der Waals surface area (Å²) >= 11 is 0. The molecule has 2 saturated heterocycles. The number of ether oxygens (including phenoxy) is 1. The highest BCUT2D eigenvalue weighted by molar-refractivity contribution is 5.88. The van der Waals surface area contributed by atoms with Gasteiger partial charge in [0.1, 0.15) is 0 Å². The van der Waals surface area contributed by atoms with E-state index in [-0.39, 0.29) is 11.9 Å². The second kappa shape index (κ2) is 5.35. The number of likely N-dealkylation sites (tertiary alicyclic amines) is 1. The second-order valence-corrected chi connectivity index (χ2v) is 4.57. The van der Waals surface area contributed by atoms with Crippen LogP contribution in [0.2, 0.25) is 0 Å². The fraction of sp³-hybridized carbons (Fsp3) is 0.818. The lowest BCUT2D eigenvalue weighted by atomic mass is 9.98. The fourth-order valence-corrected chi connectivity index (χ4v) is 2.30. The largest absolute Gasteiger partial charge is 0.411 e. The van der Waals surface area contributed by atoms with Gasteiger partial charge < -0.3 is 19.7 Å². The van der Waals surface area contributed by atoms with E-state index in [1.54, 1.807) is 0 Å². The molecule has 2 aliphatic rings. The molecule has 0 bridgehead atoms. The van der Waals surface area contributed by atoms with Crippen LogP contribution in [0.25, 0.3) is 0 Å². The molecule has 0 aromatic heterocycles. The maximum absolute atomic E-state index is 12.2. The van der Waals surface area contributed by atoms with Gasteiger partial charge in [-0.15, -0.1) is 0 Å². The minimum absolute atomic E-state index is 0.0807. The Morgan fingerprint density at radius 2 is 2.06 bits per heavy atom. The van der Waals surface area contributed by atoms with Crippen molar-refractivity contribution in [1.29, 1.82) is 0 Å². The Kier molecular flexibility index (Phi) is 3.83. The molecule has 0 aromatic rings. The molecule has 0 radical (unpaired) electrons. The summed E-state index contributed by atoms with van der Waals surface area (Å²) < 4.78 is 5.23. The lowest BCUT2D eigenvalue weighted by Gasteiger charge is -2.36. The van der Waals surface area contributed by atoms with Crippen LogP contribution < -0.4 is 0 Å². The van der Waals surface area contributed by atoms with Crippen molar-refractivity contribution in [3.8, 4) is 0 Å². The number of piperidine rings is 1. The summed E-state index contributed by atoms with van der Waals surface area (Å²) in [6.07, 6.45) is 0.660. The van der Waals surface area contributed by atoms with E-state index in [1.807, 2.05) is 16.7 Å². The molecule has 2 rings (SSSR count). The van der Waals surface area contributed by atoms with Crippen molar-refractivity contribution in [2.24, 2.45) is 11.1 Å². The third kappa shape index (κ3) is 2.69. The van der Waals surface area contributed by atoms with Crippen molar-refractivity contribution < 1.29 is 14.7 Å². The molecular formula is C11H19N3O3. The minimum Gasteiger partial charge on any atom is -0.411 e. The van der Waals surface area contributed by atoms with Gasteiger partial charge in [-0.05, 0) is 0 Å². The van der Waals surface area contributed by atoms with Crippen LogP contribution >= 0.6 is 0 Å². The summed E-state index contributed by atoms with van der Waals surface area (Å²) in [5.41, 5.74) is 0.788. The van der Waals surface area contributed by atoms with Gasteiger partial charge in [0.05, 0.1) is 18.9 Å². The van der Waals surface area contributed by atoms with Gasteiger partial charge in [-0.3, -0.25) is 0 Å². The van der Waals surface area contributed by atoms with Crippen molar-refractivity contribution in [1.82, 2.24) is 9.80 Å². The zero-order chi connectivity index (χ0) is 12.3. The van der Waals surface area contributed by atoms with E-state index in [4.69, 9.17) is 9.94 Å². The predicted octanol–water partition coefficient (Wildman–Crippen LogP) is 0.611. The lowest BCUT2D eigenvalue weighted by Crippen LogP contribution is -2.52. The first-order valence-electron chi connectivity index (χ1n) is 6.05. The van der Waals surface area contributed by atoms with Crippen molar-refractivity contribution in [3.63, 3.8) is 0 Å². The van der Waals surface area contributed by atoms with Crippen molar-refractivity contribution in [2.45, 2.75) is 13.3 Å². The number of nitrogens with zero attached hydrogens (tertiary/aromatic N) is 3. The number of morpholine rings is 1. The summed E-state index contributed by atoms with van der Waals surface area (Å²) in [6, 6.07) is 0.0807. The second-order valence-electron chi connectivity index (χ2n) is 4.57. The number of carbonyl (C=O) groups excluding carboxylic acids is 1. The molecule has 6 nitrogen and oxygen atoms in total. The standard InChI is InChI=1S/C11H19N3O3/c1-9-8-14(3-2-10(9)12-16)11(15)13-4-6-17-7-5-13/h9,16H,2-8H2,1H3. The molecule has 0 saturated carbocycles. The first kappa shape index (κ1) is 12.2. The molecule has 2 fully saturated rings. The zero-order valence-electron chi connectivity index (χ0n) is 10.1. The number of amides is 2. The van der Waals surface area contributed by atoms with E-state index in [0.29, 0.717) is 45.8 Å². The quantitative estimate of drug-likeness (QED) is 0.499. The van der Waals surface area contributed by atoms with Crippen LogP contribution in [0.15, 0.2) is 5.16 Å². The smallest absolute Gasteiger partial charge is 0.320 e. The predicted molar refractivity (Wildman–Crippen MR) is 62.4 cm³/mol. The van der Waals surface area contributed by atoms with E-state index in [0.717, 1.165) is 5.71 Å². The minimum atomic E-state index is 0.0807. The highest BCUT2D eigenvalue weighted by Gasteiger charge is 2.29. The summed E-state index contributed by atoms with van der Waals surface area (Å²) in [4.78, 5) is 15.9. The Morgan fingerprint density at radius 3 is 2.65 bits per heavy atom. The van der Waals surface area contributed by atoms with Crippen molar-refractivity contribution in [3.05, 3.63) is 0 Å². The monoisotopic (exact) mass is 241 g/mol. The maximum Gasteiger partial charge on any atom is 0.320 e. The first-order chi connectivity index (χ1) is 8.22. The Hall–Kier alpha value is -1.30. The van der Waals surface area contributed by atoms with Crippen LogP contribution in [0, 0.1) is 5.92 Å². The summed E-state index contributed by atoms with van der Waals surface area (Å²) in [6.45, 7) is 5.84. The van der Waals surface area contributed by atoms with Crippen LogP contribution in [0.1, 0.15) is 13.3 Å². The van der Waals surface area contributed by atoms with Crippen LogP contribution in [-0.4, -0.2) is 66.1 Å². The summed E-state index contributed by atoms with van der Waals surface area (Å²) in [5.74, 6) is 0.138. The highest BCUT2D eigenvalue weighted by Crippen LogP contribution is 2.16. The molecule has 2 aliphatic heterocycles. The Balaban J connectivity index is 1.92. The highest BCUT2D eigenvalue weighted by atomic mass is 16.5. The first-order valence-corrected chi connectivity index (χ1v) is 6.05. The average Bonchev–Trinajstić information content (AvgIpc) is 2.39. The van der Waals surface area contributed by atoms with Gasteiger partial charge in [0.15, 0.2) is 0 Å². The van der Waals surface area contributed by atoms with Gasteiger partial charge >= 0.3 is 6.03 Å². The van der Waals surface area contributed by atoms with Gasteiger partial charge in [0, 0.05) is 38.5 Å². The van der Waals surface area contributed by atoms with E-state index in [9.17, 15) is 4.79 Å². The molecule has 0 aliphatic carbocycles. The van der Waals surface area contributed by atoms with Crippen LogP contribution in [-0.2, 0) is 4.74 Å². The summed E-state index contributed by atoms with van der Waals surface area (Å²) in [5, 5.41) is 12.1. The van der Waals surface area contributed by atoms with E-state index < -0.39 is 0 Å². The van der Waals surface area contributed by atoms with Crippen LogP contribution in [0.4, 0.5) is 4.79 Å². The van der Waals surface area contributed by atoms with Crippen LogP contribution in [0.3, 0.4) is 0 Å². The lowest BCUT2D eigenvalue weighted by molar-refractivity contribution is 0.0422. The Bertz CT molecular complexity index is 313. The fourth-order valence-electron chi connectivity index (χ4n) is 2.30. The average molecular weight is 241 g/mol. The molecule has 17 heavy (non-hydrogen) atoms. The topological polar surface area (TPSA) is 65.4 Å². The van der Waals surface area contributed by atoms with Gasteiger partial charge in [-0.1, -0.05) is 12.1 Å². The van der Waals surface area contributed by atoms with Gasteiger partial charge in [0.25, 0.3) is 0 Å². The van der Waals surface area contributed by atoms with E-state index in [2.05, 4.69) is 5.16 Å². The zero-order valence-corrected chi connectivity index (χ0v) is 10.1. The van der Waals surface area contributed by atoms with Crippen molar-refractivity contribution >= 4 is 11.7 Å². The normalized spacial score (nSPS) is 28.5. The number of hydrogen-bond acceptors (Lipinski definition) is 4. The molecule has 0 spiro atoms. The molecule has 6 heteroatoms. The van der Waals surface area contributed by atoms with Gasteiger partial charge in [-0.2, -0.15) is 0 Å². The van der Waals surface area contributed by atoms with E-state index >= 15 is 0 Å². The molecule has 1 unspecified atom stereocenters. The third-order valence-electron chi connectivity index (χ3n) is 3.38. The van der Waals surface area contributed by atoms with E-state index in [1.165, 1.54) is 0 Å². The Morgan fingerprint density at radius 1 is 1.35 bits per heavy atom. The number of rotatable bonds is 0. The number of oxime groups is 1. The van der Waals surface area contributed by atoms with Gasteiger partial charge in [-0.25, -0.2) is 4.79 Å².